The third kappa shape index (κ3) is 3.42. The van der Waals surface area contributed by atoms with Gasteiger partial charge in [0.2, 0.25) is 0 Å². The Hall–Kier alpha value is -2.36. The van der Waals surface area contributed by atoms with Gasteiger partial charge in [0.15, 0.2) is 6.61 Å². The highest BCUT2D eigenvalue weighted by atomic mass is 16.5. The number of carbonyl (C=O) groups is 1. The van der Waals surface area contributed by atoms with E-state index in [-0.39, 0.29) is 12.5 Å². The number of benzene rings is 2. The zero-order chi connectivity index (χ0) is 16.9. The SMILES string of the molecule is CN(C(=O)COc1ccc(C=N)c2ccccc12)C1CCCCC1. The van der Waals surface area contributed by atoms with Crippen molar-refractivity contribution < 1.29 is 9.53 Å². The molecule has 1 amide bonds. The lowest BCUT2D eigenvalue weighted by atomic mass is 9.94. The van der Waals surface area contributed by atoms with Gasteiger partial charge in [0.05, 0.1) is 0 Å². The van der Waals surface area contributed by atoms with Gasteiger partial charge in [0.25, 0.3) is 5.91 Å². The second-order valence-electron chi connectivity index (χ2n) is 6.43. The molecule has 0 spiro atoms. The van der Waals surface area contributed by atoms with Crippen LogP contribution < -0.4 is 4.74 Å². The number of rotatable bonds is 5. The van der Waals surface area contributed by atoms with Gasteiger partial charge in [-0.05, 0) is 30.4 Å². The van der Waals surface area contributed by atoms with Crippen molar-refractivity contribution in [3.63, 3.8) is 0 Å². The molecule has 0 heterocycles. The number of carbonyl (C=O) groups excluding carboxylic acids is 1. The van der Waals surface area contributed by atoms with E-state index in [1.54, 1.807) is 0 Å². The fraction of sp³-hybridized carbons (Fsp3) is 0.400. The molecule has 0 saturated heterocycles. The van der Waals surface area contributed by atoms with Gasteiger partial charge in [-0.1, -0.05) is 43.5 Å². The molecule has 24 heavy (non-hydrogen) atoms. The minimum atomic E-state index is 0.0297. The second-order valence-corrected chi connectivity index (χ2v) is 6.43. The number of likely N-dealkylation sites (N-methyl/N-ethyl adjacent to an activating group) is 1. The summed E-state index contributed by atoms with van der Waals surface area (Å²) in [7, 11) is 1.89. The summed E-state index contributed by atoms with van der Waals surface area (Å²) in [5.74, 6) is 0.726. The Labute approximate surface area is 142 Å². The minimum Gasteiger partial charge on any atom is -0.483 e. The molecule has 4 nitrogen and oxygen atoms in total. The molecule has 1 saturated carbocycles. The number of ether oxygens (including phenoxy) is 1. The molecule has 3 rings (SSSR count). The number of fused-ring (bicyclic) bond motifs is 1. The van der Waals surface area contributed by atoms with Crippen molar-refractivity contribution in [3.05, 3.63) is 42.0 Å². The number of amides is 1. The van der Waals surface area contributed by atoms with E-state index < -0.39 is 0 Å². The summed E-state index contributed by atoms with van der Waals surface area (Å²) in [6, 6.07) is 11.9. The van der Waals surface area contributed by atoms with E-state index in [1.165, 1.54) is 25.5 Å². The Morgan fingerprint density at radius 3 is 2.58 bits per heavy atom. The van der Waals surface area contributed by atoms with Crippen LogP contribution in [0.15, 0.2) is 36.4 Å². The zero-order valence-electron chi connectivity index (χ0n) is 14.1. The Morgan fingerprint density at radius 2 is 1.88 bits per heavy atom. The van der Waals surface area contributed by atoms with E-state index >= 15 is 0 Å². The molecule has 0 bridgehead atoms. The first kappa shape index (κ1) is 16.5. The second kappa shape index (κ2) is 7.47. The predicted molar refractivity (Wildman–Crippen MR) is 97.0 cm³/mol. The molecule has 2 aromatic carbocycles. The van der Waals surface area contributed by atoms with Crippen molar-refractivity contribution in [1.82, 2.24) is 4.90 Å². The zero-order valence-corrected chi connectivity index (χ0v) is 14.1. The molecule has 1 aliphatic rings. The lowest BCUT2D eigenvalue weighted by molar-refractivity contribution is -0.134. The van der Waals surface area contributed by atoms with Gasteiger partial charge in [-0.15, -0.1) is 0 Å². The van der Waals surface area contributed by atoms with Crippen LogP contribution >= 0.6 is 0 Å². The van der Waals surface area contributed by atoms with E-state index in [4.69, 9.17) is 10.1 Å². The van der Waals surface area contributed by atoms with Gasteiger partial charge >= 0.3 is 0 Å². The Morgan fingerprint density at radius 1 is 1.17 bits per heavy atom. The Balaban J connectivity index is 1.71. The van der Waals surface area contributed by atoms with Gasteiger partial charge < -0.3 is 15.0 Å². The van der Waals surface area contributed by atoms with E-state index in [2.05, 4.69) is 0 Å². The number of hydrogen-bond acceptors (Lipinski definition) is 3. The summed E-state index contributed by atoms with van der Waals surface area (Å²) in [6.45, 7) is 0.0565. The molecule has 0 aliphatic heterocycles. The summed E-state index contributed by atoms with van der Waals surface area (Å²) >= 11 is 0. The van der Waals surface area contributed by atoms with Crippen molar-refractivity contribution in [2.75, 3.05) is 13.7 Å². The highest BCUT2D eigenvalue weighted by Gasteiger charge is 2.22. The van der Waals surface area contributed by atoms with Gasteiger partial charge in [0, 0.05) is 30.3 Å². The minimum absolute atomic E-state index is 0.0297. The summed E-state index contributed by atoms with van der Waals surface area (Å²) in [5.41, 5.74) is 0.851. The van der Waals surface area contributed by atoms with Crippen molar-refractivity contribution in [2.45, 2.75) is 38.1 Å². The standard InChI is InChI=1S/C20H24N2O2/c1-22(16-7-3-2-4-8-16)20(23)14-24-19-12-11-15(13-21)17-9-5-6-10-18(17)19/h5-6,9-13,16,21H,2-4,7-8,14H2,1H3. The molecule has 0 unspecified atom stereocenters. The predicted octanol–water partition coefficient (Wildman–Crippen LogP) is 4.01. The summed E-state index contributed by atoms with van der Waals surface area (Å²) in [6.07, 6.45) is 7.23. The lowest BCUT2D eigenvalue weighted by Gasteiger charge is -2.31. The third-order valence-corrected chi connectivity index (χ3v) is 4.94. The summed E-state index contributed by atoms with van der Waals surface area (Å²) in [4.78, 5) is 14.3. The van der Waals surface area contributed by atoms with Crippen LogP contribution in [0.25, 0.3) is 10.8 Å². The molecule has 1 fully saturated rings. The average Bonchev–Trinajstić information content (AvgIpc) is 2.65. The normalized spacial score (nSPS) is 15.2. The van der Waals surface area contributed by atoms with Crippen molar-refractivity contribution in [1.29, 1.82) is 5.41 Å². The highest BCUT2D eigenvalue weighted by Crippen LogP contribution is 2.28. The fourth-order valence-corrected chi connectivity index (χ4v) is 3.46. The maximum atomic E-state index is 12.4. The van der Waals surface area contributed by atoms with E-state index in [0.29, 0.717) is 11.8 Å². The molecular weight excluding hydrogens is 300 g/mol. The maximum Gasteiger partial charge on any atom is 0.260 e. The topological polar surface area (TPSA) is 53.4 Å². The van der Waals surface area contributed by atoms with Crippen LogP contribution in [0.5, 0.6) is 5.75 Å². The van der Waals surface area contributed by atoms with E-state index in [1.807, 2.05) is 48.3 Å². The lowest BCUT2D eigenvalue weighted by Crippen LogP contribution is -2.40. The molecule has 0 atom stereocenters. The first-order valence-electron chi connectivity index (χ1n) is 8.61. The van der Waals surface area contributed by atoms with Crippen LogP contribution in [0, 0.1) is 5.41 Å². The number of nitrogens with one attached hydrogen (secondary N) is 1. The van der Waals surface area contributed by atoms with Gasteiger partial charge in [-0.3, -0.25) is 4.79 Å². The monoisotopic (exact) mass is 324 g/mol. The van der Waals surface area contributed by atoms with Crippen LogP contribution in [0.2, 0.25) is 0 Å². The largest absolute Gasteiger partial charge is 0.483 e. The van der Waals surface area contributed by atoms with Gasteiger partial charge in [0.1, 0.15) is 5.75 Å². The molecule has 0 aromatic heterocycles. The fourth-order valence-electron chi connectivity index (χ4n) is 3.46. The quantitative estimate of drug-likeness (QED) is 0.845. The first-order valence-corrected chi connectivity index (χ1v) is 8.61. The molecule has 1 N–H and O–H groups in total. The van der Waals surface area contributed by atoms with Crippen LogP contribution in [0.3, 0.4) is 0 Å². The van der Waals surface area contributed by atoms with Crippen molar-refractivity contribution in [2.24, 2.45) is 0 Å². The van der Waals surface area contributed by atoms with Crippen LogP contribution in [0.4, 0.5) is 0 Å². The van der Waals surface area contributed by atoms with Crippen LogP contribution in [-0.4, -0.2) is 36.7 Å². The third-order valence-electron chi connectivity index (χ3n) is 4.94. The highest BCUT2D eigenvalue weighted by molar-refractivity contribution is 6.01. The maximum absolute atomic E-state index is 12.4. The Bertz CT molecular complexity index is 735. The van der Waals surface area contributed by atoms with E-state index in [9.17, 15) is 4.79 Å². The summed E-state index contributed by atoms with van der Waals surface area (Å²) in [5, 5.41) is 9.42. The van der Waals surface area contributed by atoms with Gasteiger partial charge in [-0.25, -0.2) is 0 Å². The first-order chi connectivity index (χ1) is 11.7. The van der Waals surface area contributed by atoms with Crippen molar-refractivity contribution >= 4 is 22.9 Å². The summed E-state index contributed by atoms with van der Waals surface area (Å²) < 4.78 is 5.83. The average molecular weight is 324 g/mol. The smallest absolute Gasteiger partial charge is 0.260 e. The molecular formula is C20H24N2O2. The molecule has 126 valence electrons. The Kier molecular flexibility index (Phi) is 5.14. The van der Waals surface area contributed by atoms with Crippen LogP contribution in [-0.2, 0) is 4.79 Å². The van der Waals surface area contributed by atoms with E-state index in [0.717, 1.165) is 29.2 Å². The van der Waals surface area contributed by atoms with Crippen LogP contribution in [0.1, 0.15) is 37.7 Å². The molecule has 0 radical (unpaired) electrons. The molecule has 1 aliphatic carbocycles. The molecule has 2 aromatic rings. The number of hydrogen-bond donors (Lipinski definition) is 1. The number of nitrogens with zero attached hydrogens (tertiary/aromatic N) is 1. The van der Waals surface area contributed by atoms with Crippen molar-refractivity contribution in [3.8, 4) is 5.75 Å². The molecule has 4 heteroatoms. The van der Waals surface area contributed by atoms with Gasteiger partial charge in [-0.2, -0.15) is 0 Å².